The highest BCUT2D eigenvalue weighted by Crippen LogP contribution is 2.19. The summed E-state index contributed by atoms with van der Waals surface area (Å²) >= 11 is 0. The predicted molar refractivity (Wildman–Crippen MR) is 96.2 cm³/mol. The van der Waals surface area contributed by atoms with Crippen molar-refractivity contribution in [3.05, 3.63) is 47.8 Å². The SMILES string of the molecule is CCCn1cc(C(=O)N2CCC(Nc3cccc(C)c3)CC2)cn1. The fraction of sp³-hybridized carbons (Fsp3) is 0.474. The highest BCUT2D eigenvalue weighted by atomic mass is 16.2. The van der Waals surface area contributed by atoms with E-state index in [0.29, 0.717) is 11.6 Å². The van der Waals surface area contributed by atoms with Crippen molar-refractivity contribution in [2.24, 2.45) is 0 Å². The van der Waals surface area contributed by atoms with Crippen molar-refractivity contribution in [1.82, 2.24) is 14.7 Å². The van der Waals surface area contributed by atoms with E-state index in [1.54, 1.807) is 6.20 Å². The van der Waals surface area contributed by atoms with Gasteiger partial charge in [-0.25, -0.2) is 0 Å². The second-order valence-electron chi connectivity index (χ2n) is 6.57. The first-order chi connectivity index (χ1) is 11.7. The maximum absolute atomic E-state index is 12.6. The first-order valence-electron chi connectivity index (χ1n) is 8.80. The maximum atomic E-state index is 12.6. The third-order valence-electron chi connectivity index (χ3n) is 4.50. The van der Waals surface area contributed by atoms with Crippen LogP contribution in [0.2, 0.25) is 0 Å². The minimum atomic E-state index is 0.103. The minimum Gasteiger partial charge on any atom is -0.382 e. The molecule has 5 nitrogen and oxygen atoms in total. The zero-order valence-electron chi connectivity index (χ0n) is 14.5. The van der Waals surface area contributed by atoms with E-state index in [1.165, 1.54) is 11.3 Å². The molecule has 0 unspecified atom stereocenters. The summed E-state index contributed by atoms with van der Waals surface area (Å²) in [7, 11) is 0. The summed E-state index contributed by atoms with van der Waals surface area (Å²) in [5.41, 5.74) is 3.13. The predicted octanol–water partition coefficient (Wildman–Crippen LogP) is 3.32. The normalized spacial score (nSPS) is 15.5. The number of carbonyl (C=O) groups is 1. The second kappa shape index (κ2) is 7.51. The van der Waals surface area contributed by atoms with E-state index >= 15 is 0 Å². The van der Waals surface area contributed by atoms with Gasteiger partial charge in [0.1, 0.15) is 0 Å². The maximum Gasteiger partial charge on any atom is 0.257 e. The molecule has 0 spiro atoms. The van der Waals surface area contributed by atoms with Crippen LogP contribution >= 0.6 is 0 Å². The molecule has 0 aliphatic carbocycles. The van der Waals surface area contributed by atoms with Crippen LogP contribution in [0.15, 0.2) is 36.7 Å². The number of aromatic nitrogens is 2. The molecule has 1 N–H and O–H groups in total. The van der Waals surface area contributed by atoms with Crippen molar-refractivity contribution >= 4 is 11.6 Å². The Labute approximate surface area is 143 Å². The molecule has 1 aromatic heterocycles. The number of hydrogen-bond acceptors (Lipinski definition) is 3. The number of amides is 1. The summed E-state index contributed by atoms with van der Waals surface area (Å²) in [5, 5.41) is 7.85. The van der Waals surface area contributed by atoms with Gasteiger partial charge >= 0.3 is 0 Å². The molecule has 1 aromatic carbocycles. The van der Waals surface area contributed by atoms with Gasteiger partial charge in [-0.15, -0.1) is 0 Å². The molecule has 1 amide bonds. The molecule has 1 fully saturated rings. The Morgan fingerprint density at radius 2 is 2.12 bits per heavy atom. The van der Waals surface area contributed by atoms with Crippen LogP contribution < -0.4 is 5.32 Å². The van der Waals surface area contributed by atoms with E-state index in [9.17, 15) is 4.79 Å². The number of benzene rings is 1. The van der Waals surface area contributed by atoms with Crippen LogP contribution in [0.3, 0.4) is 0 Å². The number of likely N-dealkylation sites (tertiary alicyclic amines) is 1. The van der Waals surface area contributed by atoms with Crippen LogP contribution in [0, 0.1) is 6.92 Å². The standard InChI is InChI=1S/C19H26N4O/c1-3-9-23-14-16(13-20-23)19(24)22-10-7-17(8-11-22)21-18-6-4-5-15(2)12-18/h4-6,12-14,17,21H,3,7-11H2,1-2H3. The number of piperidine rings is 1. The highest BCUT2D eigenvalue weighted by molar-refractivity contribution is 5.93. The first-order valence-corrected chi connectivity index (χ1v) is 8.80. The molecule has 3 rings (SSSR count). The van der Waals surface area contributed by atoms with E-state index in [-0.39, 0.29) is 5.91 Å². The average Bonchev–Trinajstić information content (AvgIpc) is 3.04. The lowest BCUT2D eigenvalue weighted by atomic mass is 10.0. The van der Waals surface area contributed by atoms with Crippen molar-refractivity contribution in [1.29, 1.82) is 0 Å². The summed E-state index contributed by atoms with van der Waals surface area (Å²) in [4.78, 5) is 14.5. The summed E-state index contributed by atoms with van der Waals surface area (Å²) < 4.78 is 1.85. The van der Waals surface area contributed by atoms with Crippen LogP contribution in [-0.4, -0.2) is 39.7 Å². The van der Waals surface area contributed by atoms with E-state index in [4.69, 9.17) is 0 Å². The molecule has 0 atom stereocenters. The molecule has 0 bridgehead atoms. The fourth-order valence-electron chi connectivity index (χ4n) is 3.21. The number of nitrogens with one attached hydrogen (secondary N) is 1. The largest absolute Gasteiger partial charge is 0.382 e. The van der Waals surface area contributed by atoms with Gasteiger partial charge in [0.2, 0.25) is 0 Å². The van der Waals surface area contributed by atoms with E-state index in [2.05, 4.69) is 48.5 Å². The van der Waals surface area contributed by atoms with Crippen LogP contribution in [0.25, 0.3) is 0 Å². The zero-order valence-corrected chi connectivity index (χ0v) is 14.5. The van der Waals surface area contributed by atoms with Gasteiger partial charge in [-0.1, -0.05) is 19.1 Å². The molecule has 1 aliphatic heterocycles. The zero-order chi connectivity index (χ0) is 16.9. The molecule has 24 heavy (non-hydrogen) atoms. The third kappa shape index (κ3) is 3.96. The molecular formula is C19H26N4O. The van der Waals surface area contributed by atoms with Gasteiger partial charge in [-0.3, -0.25) is 9.48 Å². The fourth-order valence-corrected chi connectivity index (χ4v) is 3.21. The lowest BCUT2D eigenvalue weighted by Gasteiger charge is -2.32. The summed E-state index contributed by atoms with van der Waals surface area (Å²) in [6.45, 7) is 6.65. The van der Waals surface area contributed by atoms with Gasteiger partial charge in [-0.2, -0.15) is 5.10 Å². The monoisotopic (exact) mass is 326 g/mol. The average molecular weight is 326 g/mol. The number of nitrogens with zero attached hydrogens (tertiary/aromatic N) is 3. The molecule has 0 saturated carbocycles. The summed E-state index contributed by atoms with van der Waals surface area (Å²) in [6.07, 6.45) is 6.52. The van der Waals surface area contributed by atoms with Gasteiger partial charge in [0.25, 0.3) is 5.91 Å². The molecule has 2 aromatic rings. The lowest BCUT2D eigenvalue weighted by Crippen LogP contribution is -2.42. The molecular weight excluding hydrogens is 300 g/mol. The number of carbonyl (C=O) groups excluding carboxylic acids is 1. The Bertz CT molecular complexity index is 686. The van der Waals surface area contributed by atoms with Crippen molar-refractivity contribution in [3.8, 4) is 0 Å². The van der Waals surface area contributed by atoms with Gasteiger partial charge < -0.3 is 10.2 Å². The topological polar surface area (TPSA) is 50.2 Å². The second-order valence-corrected chi connectivity index (χ2v) is 6.57. The van der Waals surface area contributed by atoms with Crippen LogP contribution in [0.4, 0.5) is 5.69 Å². The Balaban J connectivity index is 1.53. The van der Waals surface area contributed by atoms with Crippen molar-refractivity contribution < 1.29 is 4.79 Å². The summed E-state index contributed by atoms with van der Waals surface area (Å²) in [5.74, 6) is 0.103. The van der Waals surface area contributed by atoms with Gasteiger partial charge in [0.05, 0.1) is 11.8 Å². The molecule has 0 radical (unpaired) electrons. The van der Waals surface area contributed by atoms with Crippen LogP contribution in [-0.2, 0) is 6.54 Å². The lowest BCUT2D eigenvalue weighted by molar-refractivity contribution is 0.0718. The molecule has 2 heterocycles. The highest BCUT2D eigenvalue weighted by Gasteiger charge is 2.24. The first kappa shape index (κ1) is 16.6. The van der Waals surface area contributed by atoms with Crippen molar-refractivity contribution in [3.63, 3.8) is 0 Å². The van der Waals surface area contributed by atoms with Gasteiger partial charge in [0, 0.05) is 37.6 Å². The van der Waals surface area contributed by atoms with Crippen LogP contribution in [0.1, 0.15) is 42.1 Å². The Morgan fingerprint density at radius 3 is 2.83 bits per heavy atom. The van der Waals surface area contributed by atoms with Gasteiger partial charge in [0.15, 0.2) is 0 Å². The molecule has 1 aliphatic rings. The van der Waals surface area contributed by atoms with Crippen molar-refractivity contribution in [2.75, 3.05) is 18.4 Å². The Morgan fingerprint density at radius 1 is 1.33 bits per heavy atom. The quantitative estimate of drug-likeness (QED) is 0.917. The molecule has 5 heteroatoms. The Kier molecular flexibility index (Phi) is 5.18. The number of aryl methyl sites for hydroxylation is 2. The van der Waals surface area contributed by atoms with E-state index in [0.717, 1.165) is 38.9 Å². The number of hydrogen-bond donors (Lipinski definition) is 1. The van der Waals surface area contributed by atoms with E-state index in [1.807, 2.05) is 15.8 Å². The smallest absolute Gasteiger partial charge is 0.257 e. The Hall–Kier alpha value is -2.30. The van der Waals surface area contributed by atoms with Crippen molar-refractivity contribution in [2.45, 2.75) is 45.7 Å². The molecule has 1 saturated heterocycles. The third-order valence-corrected chi connectivity index (χ3v) is 4.50. The van der Waals surface area contributed by atoms with E-state index < -0.39 is 0 Å². The molecule has 128 valence electrons. The van der Waals surface area contributed by atoms with Gasteiger partial charge in [-0.05, 0) is 43.9 Å². The summed E-state index contributed by atoms with van der Waals surface area (Å²) in [6, 6.07) is 8.88. The minimum absolute atomic E-state index is 0.103. The number of rotatable bonds is 5. The van der Waals surface area contributed by atoms with Crippen LogP contribution in [0.5, 0.6) is 0 Å². The number of anilines is 1.